The van der Waals surface area contributed by atoms with Crippen molar-refractivity contribution in [2.75, 3.05) is 11.9 Å². The van der Waals surface area contributed by atoms with E-state index < -0.39 is 0 Å². The maximum atomic E-state index is 5.62. The van der Waals surface area contributed by atoms with Crippen LogP contribution in [0.1, 0.15) is 25.5 Å². The minimum atomic E-state index is 0.0591. The zero-order chi connectivity index (χ0) is 18.6. The number of benzene rings is 2. The Kier molecular flexibility index (Phi) is 4.70. The van der Waals surface area contributed by atoms with Gasteiger partial charge in [-0.1, -0.05) is 42.5 Å². The number of aromatic nitrogens is 4. The van der Waals surface area contributed by atoms with Crippen LogP contribution in [0.3, 0.4) is 0 Å². The average molecular weight is 359 g/mol. The van der Waals surface area contributed by atoms with Crippen molar-refractivity contribution in [3.8, 4) is 17.0 Å². The van der Waals surface area contributed by atoms with Crippen LogP contribution in [0.15, 0.2) is 67.0 Å². The predicted octanol–water partition coefficient (Wildman–Crippen LogP) is 4.36. The molecule has 0 radical (unpaired) electrons. The molecule has 2 aromatic carbocycles. The number of nitrogens with zero attached hydrogens (tertiary/aromatic N) is 4. The molecule has 136 valence electrons. The first kappa shape index (κ1) is 17.0. The van der Waals surface area contributed by atoms with Gasteiger partial charge >= 0.3 is 0 Å². The Labute approximate surface area is 157 Å². The van der Waals surface area contributed by atoms with Crippen molar-refractivity contribution in [1.82, 2.24) is 19.6 Å². The third-order valence-electron chi connectivity index (χ3n) is 4.35. The van der Waals surface area contributed by atoms with Crippen molar-refractivity contribution >= 4 is 11.6 Å². The van der Waals surface area contributed by atoms with Crippen molar-refractivity contribution in [2.45, 2.75) is 19.9 Å². The summed E-state index contributed by atoms with van der Waals surface area (Å²) in [5.74, 6) is 2.27. The van der Waals surface area contributed by atoms with Crippen LogP contribution in [0.25, 0.3) is 17.0 Å². The minimum absolute atomic E-state index is 0.0591. The molecule has 0 bridgehead atoms. The zero-order valence-corrected chi connectivity index (χ0v) is 15.3. The van der Waals surface area contributed by atoms with Crippen molar-refractivity contribution in [1.29, 1.82) is 0 Å². The molecule has 1 atom stereocenters. The highest BCUT2D eigenvalue weighted by atomic mass is 16.5. The molecular formula is C21H21N5O. The van der Waals surface area contributed by atoms with Crippen LogP contribution in [-0.2, 0) is 0 Å². The van der Waals surface area contributed by atoms with Gasteiger partial charge in [-0.15, -0.1) is 0 Å². The van der Waals surface area contributed by atoms with Gasteiger partial charge in [-0.3, -0.25) is 0 Å². The Morgan fingerprint density at radius 3 is 2.74 bits per heavy atom. The van der Waals surface area contributed by atoms with E-state index in [0.29, 0.717) is 12.4 Å². The summed E-state index contributed by atoms with van der Waals surface area (Å²) in [4.78, 5) is 8.88. The molecule has 4 aromatic rings. The third kappa shape index (κ3) is 3.60. The van der Waals surface area contributed by atoms with Crippen LogP contribution in [0.5, 0.6) is 5.75 Å². The summed E-state index contributed by atoms with van der Waals surface area (Å²) in [7, 11) is 0. The van der Waals surface area contributed by atoms with E-state index >= 15 is 0 Å². The van der Waals surface area contributed by atoms with Gasteiger partial charge in [-0.05, 0) is 31.5 Å². The Bertz CT molecular complexity index is 1040. The van der Waals surface area contributed by atoms with E-state index in [4.69, 9.17) is 4.74 Å². The summed E-state index contributed by atoms with van der Waals surface area (Å²) in [5.41, 5.74) is 3.03. The molecule has 0 fully saturated rings. The van der Waals surface area contributed by atoms with E-state index in [-0.39, 0.29) is 6.04 Å². The highest BCUT2D eigenvalue weighted by Crippen LogP contribution is 2.26. The van der Waals surface area contributed by atoms with Crippen molar-refractivity contribution in [3.63, 3.8) is 0 Å². The second kappa shape index (κ2) is 7.45. The molecule has 2 heterocycles. The highest BCUT2D eigenvalue weighted by molar-refractivity contribution is 5.65. The van der Waals surface area contributed by atoms with Gasteiger partial charge in [0.2, 0.25) is 0 Å². The van der Waals surface area contributed by atoms with Crippen LogP contribution in [-0.4, -0.2) is 26.2 Å². The first-order chi connectivity index (χ1) is 13.2. The average Bonchev–Trinajstić information content (AvgIpc) is 3.18. The molecule has 0 amide bonds. The zero-order valence-electron chi connectivity index (χ0n) is 15.3. The first-order valence-electron chi connectivity index (χ1n) is 9.00. The monoisotopic (exact) mass is 359 g/mol. The second-order valence-electron chi connectivity index (χ2n) is 6.24. The molecule has 0 saturated heterocycles. The third-order valence-corrected chi connectivity index (χ3v) is 4.35. The quantitative estimate of drug-likeness (QED) is 0.554. The van der Waals surface area contributed by atoms with Gasteiger partial charge in [0.05, 0.1) is 18.3 Å². The summed E-state index contributed by atoms with van der Waals surface area (Å²) in [5, 5.41) is 7.83. The summed E-state index contributed by atoms with van der Waals surface area (Å²) in [6.45, 7) is 4.74. The fourth-order valence-electron chi connectivity index (χ4n) is 3.02. The molecule has 2 aromatic heterocycles. The fraction of sp³-hybridized carbons (Fsp3) is 0.190. The summed E-state index contributed by atoms with van der Waals surface area (Å²) < 4.78 is 7.33. The Balaban J connectivity index is 1.69. The minimum Gasteiger partial charge on any atom is -0.494 e. The highest BCUT2D eigenvalue weighted by Gasteiger charge is 2.13. The molecule has 0 saturated carbocycles. The first-order valence-corrected chi connectivity index (χ1v) is 9.00. The SMILES string of the molecule is CCOc1cccc(C(C)Nc2cc(-c3ccccc3)nc3ncnn23)c1. The van der Waals surface area contributed by atoms with Gasteiger partial charge in [0, 0.05) is 11.6 Å². The lowest BCUT2D eigenvalue weighted by molar-refractivity contribution is 0.340. The lowest BCUT2D eigenvalue weighted by Gasteiger charge is -2.17. The molecule has 0 aliphatic heterocycles. The summed E-state index contributed by atoms with van der Waals surface area (Å²) in [6, 6.07) is 20.2. The largest absolute Gasteiger partial charge is 0.494 e. The van der Waals surface area contributed by atoms with Crippen LogP contribution in [0.4, 0.5) is 5.82 Å². The van der Waals surface area contributed by atoms with E-state index in [0.717, 1.165) is 28.4 Å². The molecule has 1 unspecified atom stereocenters. The number of fused-ring (bicyclic) bond motifs is 1. The Morgan fingerprint density at radius 1 is 1.07 bits per heavy atom. The standard InChI is InChI=1S/C21H21N5O/c1-3-27-18-11-7-10-17(12-18)15(2)24-20-13-19(16-8-5-4-6-9-16)25-21-22-14-23-26(20)21/h4-15,24H,3H2,1-2H3. The maximum Gasteiger partial charge on any atom is 0.254 e. The lowest BCUT2D eigenvalue weighted by Crippen LogP contribution is -2.11. The number of hydrogen-bond donors (Lipinski definition) is 1. The van der Waals surface area contributed by atoms with E-state index in [2.05, 4.69) is 39.4 Å². The van der Waals surface area contributed by atoms with Crippen LogP contribution >= 0.6 is 0 Å². The molecule has 27 heavy (non-hydrogen) atoms. The molecule has 6 nitrogen and oxygen atoms in total. The van der Waals surface area contributed by atoms with Crippen LogP contribution < -0.4 is 10.1 Å². The Morgan fingerprint density at radius 2 is 1.93 bits per heavy atom. The molecule has 0 spiro atoms. The lowest BCUT2D eigenvalue weighted by atomic mass is 10.1. The maximum absolute atomic E-state index is 5.62. The fourth-order valence-corrected chi connectivity index (χ4v) is 3.02. The molecule has 0 aliphatic rings. The Hall–Kier alpha value is -3.41. The second-order valence-corrected chi connectivity index (χ2v) is 6.24. The van der Waals surface area contributed by atoms with E-state index in [1.165, 1.54) is 6.33 Å². The van der Waals surface area contributed by atoms with Gasteiger partial charge in [-0.25, -0.2) is 4.98 Å². The molecule has 1 N–H and O–H groups in total. The van der Waals surface area contributed by atoms with E-state index in [1.807, 2.05) is 55.5 Å². The molecule has 6 heteroatoms. The van der Waals surface area contributed by atoms with Crippen molar-refractivity contribution < 1.29 is 4.74 Å². The van der Waals surface area contributed by atoms with Crippen molar-refractivity contribution in [3.05, 3.63) is 72.6 Å². The number of hydrogen-bond acceptors (Lipinski definition) is 5. The molecular weight excluding hydrogens is 338 g/mol. The number of rotatable bonds is 6. The van der Waals surface area contributed by atoms with Crippen LogP contribution in [0, 0.1) is 0 Å². The normalized spacial score (nSPS) is 12.1. The predicted molar refractivity (Wildman–Crippen MR) is 106 cm³/mol. The summed E-state index contributed by atoms with van der Waals surface area (Å²) >= 11 is 0. The van der Waals surface area contributed by atoms with Gasteiger partial charge < -0.3 is 10.1 Å². The number of ether oxygens (including phenoxy) is 1. The molecule has 0 aliphatic carbocycles. The van der Waals surface area contributed by atoms with E-state index in [1.54, 1.807) is 4.52 Å². The topological polar surface area (TPSA) is 64.3 Å². The van der Waals surface area contributed by atoms with E-state index in [9.17, 15) is 0 Å². The summed E-state index contributed by atoms with van der Waals surface area (Å²) in [6.07, 6.45) is 1.52. The van der Waals surface area contributed by atoms with Gasteiger partial charge in [-0.2, -0.15) is 14.6 Å². The van der Waals surface area contributed by atoms with Gasteiger partial charge in [0.25, 0.3) is 5.78 Å². The number of nitrogens with one attached hydrogen (secondary N) is 1. The smallest absolute Gasteiger partial charge is 0.254 e. The van der Waals surface area contributed by atoms with Crippen molar-refractivity contribution in [2.24, 2.45) is 0 Å². The van der Waals surface area contributed by atoms with Gasteiger partial charge in [0.1, 0.15) is 17.9 Å². The molecule has 4 rings (SSSR count). The van der Waals surface area contributed by atoms with Gasteiger partial charge in [0.15, 0.2) is 0 Å². The number of anilines is 1. The van der Waals surface area contributed by atoms with Crippen LogP contribution in [0.2, 0.25) is 0 Å².